The SMILES string of the molecule is C[C@H]1C[C@H](C)CN([C@@H](C)C(=O)Nc2cc(F)ccc2F)C1. The second kappa shape index (κ2) is 6.52. The molecular weight excluding hydrogens is 274 g/mol. The zero-order chi connectivity index (χ0) is 15.6. The summed E-state index contributed by atoms with van der Waals surface area (Å²) in [6.45, 7) is 7.84. The van der Waals surface area contributed by atoms with E-state index in [2.05, 4.69) is 24.1 Å². The van der Waals surface area contributed by atoms with Crippen molar-refractivity contribution in [3.8, 4) is 0 Å². The van der Waals surface area contributed by atoms with Gasteiger partial charge in [0.25, 0.3) is 0 Å². The minimum atomic E-state index is -0.627. The molecule has 0 bridgehead atoms. The average Bonchev–Trinajstić information content (AvgIpc) is 2.41. The van der Waals surface area contributed by atoms with Crippen LogP contribution in [0.4, 0.5) is 14.5 Å². The molecule has 5 heteroatoms. The Morgan fingerprint density at radius 3 is 2.52 bits per heavy atom. The van der Waals surface area contributed by atoms with E-state index in [0.29, 0.717) is 11.8 Å². The van der Waals surface area contributed by atoms with Crippen molar-refractivity contribution in [2.45, 2.75) is 33.2 Å². The van der Waals surface area contributed by atoms with Crippen molar-refractivity contribution in [2.75, 3.05) is 18.4 Å². The van der Waals surface area contributed by atoms with Crippen LogP contribution in [0, 0.1) is 23.5 Å². The maximum Gasteiger partial charge on any atom is 0.241 e. The fourth-order valence-corrected chi connectivity index (χ4v) is 3.02. The topological polar surface area (TPSA) is 32.3 Å². The molecule has 0 unspecified atom stereocenters. The molecule has 0 aromatic heterocycles. The van der Waals surface area contributed by atoms with Gasteiger partial charge in [-0.2, -0.15) is 0 Å². The van der Waals surface area contributed by atoms with Crippen LogP contribution < -0.4 is 5.32 Å². The van der Waals surface area contributed by atoms with Gasteiger partial charge < -0.3 is 5.32 Å². The summed E-state index contributed by atoms with van der Waals surface area (Å²) in [5, 5.41) is 2.48. The molecule has 0 saturated carbocycles. The van der Waals surface area contributed by atoms with E-state index in [4.69, 9.17) is 0 Å². The van der Waals surface area contributed by atoms with E-state index in [1.54, 1.807) is 6.92 Å². The zero-order valence-corrected chi connectivity index (χ0v) is 12.7. The molecule has 3 atom stereocenters. The second-order valence-corrected chi connectivity index (χ2v) is 6.19. The Morgan fingerprint density at radius 2 is 1.90 bits per heavy atom. The van der Waals surface area contributed by atoms with Gasteiger partial charge in [-0.25, -0.2) is 8.78 Å². The van der Waals surface area contributed by atoms with Crippen molar-refractivity contribution in [1.29, 1.82) is 0 Å². The summed E-state index contributed by atoms with van der Waals surface area (Å²) >= 11 is 0. The maximum absolute atomic E-state index is 13.6. The number of carbonyl (C=O) groups is 1. The van der Waals surface area contributed by atoms with E-state index in [1.165, 1.54) is 0 Å². The summed E-state index contributed by atoms with van der Waals surface area (Å²) in [6.07, 6.45) is 1.16. The normalized spacial score (nSPS) is 24.6. The lowest BCUT2D eigenvalue weighted by Crippen LogP contribution is -2.48. The van der Waals surface area contributed by atoms with E-state index >= 15 is 0 Å². The smallest absolute Gasteiger partial charge is 0.241 e. The molecule has 0 spiro atoms. The molecule has 1 amide bonds. The first-order valence-electron chi connectivity index (χ1n) is 7.36. The van der Waals surface area contributed by atoms with Crippen molar-refractivity contribution in [3.05, 3.63) is 29.8 Å². The highest BCUT2D eigenvalue weighted by Crippen LogP contribution is 2.23. The third kappa shape index (κ3) is 4.00. The zero-order valence-electron chi connectivity index (χ0n) is 12.7. The van der Waals surface area contributed by atoms with E-state index in [0.717, 1.165) is 37.7 Å². The van der Waals surface area contributed by atoms with Crippen LogP contribution in [0.1, 0.15) is 27.2 Å². The van der Waals surface area contributed by atoms with Gasteiger partial charge in [-0.05, 0) is 37.3 Å². The van der Waals surface area contributed by atoms with Crippen LogP contribution in [0.25, 0.3) is 0 Å². The molecule has 1 aliphatic heterocycles. The molecule has 1 aromatic rings. The second-order valence-electron chi connectivity index (χ2n) is 6.19. The molecule has 1 aliphatic rings. The standard InChI is InChI=1S/C16H22F2N2O/c1-10-6-11(2)9-20(8-10)12(3)16(21)19-15-7-13(17)4-5-14(15)18/h4-5,7,10-12H,6,8-9H2,1-3H3,(H,19,21)/t10-,11-,12-/m0/s1. The van der Waals surface area contributed by atoms with Gasteiger partial charge in [-0.1, -0.05) is 13.8 Å². The van der Waals surface area contributed by atoms with E-state index in [1.807, 2.05) is 0 Å². The molecule has 1 fully saturated rings. The van der Waals surface area contributed by atoms with Gasteiger partial charge in [0.1, 0.15) is 11.6 Å². The highest BCUT2D eigenvalue weighted by Gasteiger charge is 2.29. The molecule has 3 nitrogen and oxygen atoms in total. The number of benzene rings is 1. The number of hydrogen-bond acceptors (Lipinski definition) is 2. The predicted octanol–water partition coefficient (Wildman–Crippen LogP) is 3.27. The molecule has 116 valence electrons. The lowest BCUT2D eigenvalue weighted by molar-refractivity contribution is -0.121. The van der Waals surface area contributed by atoms with E-state index in [-0.39, 0.29) is 17.6 Å². The Balaban J connectivity index is 2.04. The fraction of sp³-hybridized carbons (Fsp3) is 0.562. The summed E-state index contributed by atoms with van der Waals surface area (Å²) in [5.74, 6) is -0.428. The number of halogens is 2. The largest absolute Gasteiger partial charge is 0.322 e. The number of carbonyl (C=O) groups excluding carboxylic acids is 1. The van der Waals surface area contributed by atoms with Gasteiger partial charge in [0.15, 0.2) is 0 Å². The number of nitrogens with one attached hydrogen (secondary N) is 1. The molecule has 21 heavy (non-hydrogen) atoms. The summed E-state index contributed by atoms with van der Waals surface area (Å²) < 4.78 is 26.7. The number of hydrogen-bond donors (Lipinski definition) is 1. The fourth-order valence-electron chi connectivity index (χ4n) is 3.02. The minimum absolute atomic E-state index is 0.107. The number of rotatable bonds is 3. The van der Waals surface area contributed by atoms with Crippen LogP contribution in [-0.4, -0.2) is 29.9 Å². The van der Waals surface area contributed by atoms with Gasteiger partial charge in [0, 0.05) is 19.2 Å². The number of piperidine rings is 1. The van der Waals surface area contributed by atoms with Crippen LogP contribution >= 0.6 is 0 Å². The molecular formula is C16H22F2N2O. The Kier molecular flexibility index (Phi) is 4.93. The van der Waals surface area contributed by atoms with Crippen LogP contribution in [0.3, 0.4) is 0 Å². The quantitative estimate of drug-likeness (QED) is 0.928. The predicted molar refractivity (Wildman–Crippen MR) is 79.0 cm³/mol. The molecule has 1 N–H and O–H groups in total. The highest BCUT2D eigenvalue weighted by atomic mass is 19.1. The van der Waals surface area contributed by atoms with Gasteiger partial charge in [0.05, 0.1) is 11.7 Å². The first-order chi connectivity index (χ1) is 9.86. The summed E-state index contributed by atoms with van der Waals surface area (Å²) in [5.41, 5.74) is -0.107. The third-order valence-corrected chi connectivity index (χ3v) is 4.01. The molecule has 0 radical (unpaired) electrons. The lowest BCUT2D eigenvalue weighted by atomic mass is 9.91. The van der Waals surface area contributed by atoms with Gasteiger partial charge in [-0.3, -0.25) is 9.69 Å². The first kappa shape index (κ1) is 15.9. The number of nitrogens with zero attached hydrogens (tertiary/aromatic N) is 1. The van der Waals surface area contributed by atoms with Crippen molar-refractivity contribution >= 4 is 11.6 Å². The minimum Gasteiger partial charge on any atom is -0.322 e. The molecule has 1 aromatic carbocycles. The van der Waals surface area contributed by atoms with Crippen molar-refractivity contribution < 1.29 is 13.6 Å². The first-order valence-corrected chi connectivity index (χ1v) is 7.36. The number of anilines is 1. The third-order valence-electron chi connectivity index (χ3n) is 4.01. The Hall–Kier alpha value is -1.49. The highest BCUT2D eigenvalue weighted by molar-refractivity contribution is 5.94. The van der Waals surface area contributed by atoms with E-state index < -0.39 is 11.6 Å². The number of amides is 1. The Morgan fingerprint density at radius 1 is 1.29 bits per heavy atom. The average molecular weight is 296 g/mol. The van der Waals surface area contributed by atoms with Gasteiger partial charge >= 0.3 is 0 Å². The monoisotopic (exact) mass is 296 g/mol. The van der Waals surface area contributed by atoms with Gasteiger partial charge in [0.2, 0.25) is 5.91 Å². The summed E-state index contributed by atoms with van der Waals surface area (Å²) in [4.78, 5) is 14.3. The van der Waals surface area contributed by atoms with Crippen LogP contribution in [-0.2, 0) is 4.79 Å². The van der Waals surface area contributed by atoms with Crippen LogP contribution in [0.2, 0.25) is 0 Å². The molecule has 1 heterocycles. The molecule has 2 rings (SSSR count). The van der Waals surface area contributed by atoms with Crippen molar-refractivity contribution in [1.82, 2.24) is 4.90 Å². The lowest BCUT2D eigenvalue weighted by Gasteiger charge is -2.38. The summed E-state index contributed by atoms with van der Waals surface area (Å²) in [7, 11) is 0. The maximum atomic E-state index is 13.6. The Labute approximate surface area is 124 Å². The summed E-state index contributed by atoms with van der Waals surface area (Å²) in [6, 6.07) is 2.68. The Bertz CT molecular complexity index is 511. The van der Waals surface area contributed by atoms with Crippen LogP contribution in [0.15, 0.2) is 18.2 Å². The molecule has 1 saturated heterocycles. The van der Waals surface area contributed by atoms with E-state index in [9.17, 15) is 13.6 Å². The van der Waals surface area contributed by atoms with Gasteiger partial charge in [-0.15, -0.1) is 0 Å². The van der Waals surface area contributed by atoms with Crippen LogP contribution in [0.5, 0.6) is 0 Å². The van der Waals surface area contributed by atoms with Crippen molar-refractivity contribution in [2.24, 2.45) is 11.8 Å². The van der Waals surface area contributed by atoms with Crippen molar-refractivity contribution in [3.63, 3.8) is 0 Å². The molecule has 0 aliphatic carbocycles. The number of likely N-dealkylation sites (tertiary alicyclic amines) is 1.